The second-order valence-corrected chi connectivity index (χ2v) is 7.76. The van der Waals surface area contributed by atoms with E-state index in [-0.39, 0.29) is 23.5 Å². The molecule has 25 heavy (non-hydrogen) atoms. The third-order valence-corrected chi connectivity index (χ3v) is 5.70. The predicted molar refractivity (Wildman–Crippen MR) is 94.6 cm³/mol. The van der Waals surface area contributed by atoms with Crippen molar-refractivity contribution in [2.75, 3.05) is 13.2 Å². The Balaban J connectivity index is 2.27. The van der Waals surface area contributed by atoms with Crippen molar-refractivity contribution in [1.29, 1.82) is 0 Å². The molecule has 1 saturated heterocycles. The number of carbonyl (C=O) groups excluding carboxylic acids is 1. The molecule has 0 spiro atoms. The lowest BCUT2D eigenvalue weighted by Crippen LogP contribution is -2.49. The second-order valence-electron chi connectivity index (χ2n) is 6.05. The lowest BCUT2D eigenvalue weighted by atomic mass is 9.91. The molecule has 0 saturated carbocycles. The lowest BCUT2D eigenvalue weighted by Gasteiger charge is -2.26. The van der Waals surface area contributed by atoms with Crippen LogP contribution in [0.2, 0.25) is 0 Å². The van der Waals surface area contributed by atoms with Gasteiger partial charge in [-0.05, 0) is 38.8 Å². The molecule has 6 nitrogen and oxygen atoms in total. The van der Waals surface area contributed by atoms with Crippen LogP contribution >= 0.6 is 0 Å². The van der Waals surface area contributed by atoms with Crippen LogP contribution in [0.15, 0.2) is 41.8 Å². The highest BCUT2D eigenvalue weighted by Crippen LogP contribution is 2.28. The van der Waals surface area contributed by atoms with E-state index in [4.69, 9.17) is 9.47 Å². The van der Waals surface area contributed by atoms with Gasteiger partial charge in [-0.2, -0.15) is 4.72 Å². The predicted octanol–water partition coefficient (Wildman–Crippen LogP) is 2.19. The van der Waals surface area contributed by atoms with Crippen LogP contribution in [-0.2, 0) is 24.3 Å². The van der Waals surface area contributed by atoms with Crippen molar-refractivity contribution in [3.63, 3.8) is 0 Å². The van der Waals surface area contributed by atoms with Gasteiger partial charge >= 0.3 is 5.97 Å². The molecule has 1 aliphatic heterocycles. The number of aryl methyl sites for hydroxylation is 1. The Morgan fingerprint density at radius 3 is 2.72 bits per heavy atom. The molecule has 1 aromatic rings. The monoisotopic (exact) mass is 367 g/mol. The van der Waals surface area contributed by atoms with Crippen LogP contribution in [0.1, 0.15) is 25.3 Å². The van der Waals surface area contributed by atoms with Crippen LogP contribution in [0.3, 0.4) is 0 Å². The summed E-state index contributed by atoms with van der Waals surface area (Å²) < 4.78 is 38.7. The summed E-state index contributed by atoms with van der Waals surface area (Å²) in [7, 11) is -3.85. The smallest absolute Gasteiger partial charge is 0.324 e. The Bertz CT molecular complexity index is 699. The summed E-state index contributed by atoms with van der Waals surface area (Å²) in [6.07, 6.45) is 2.58. The molecule has 0 amide bonds. The summed E-state index contributed by atoms with van der Waals surface area (Å²) in [5, 5.41) is 0. The van der Waals surface area contributed by atoms with Gasteiger partial charge in [0.1, 0.15) is 6.04 Å². The minimum absolute atomic E-state index is 0.117. The zero-order chi connectivity index (χ0) is 18.4. The van der Waals surface area contributed by atoms with Gasteiger partial charge in [-0.15, -0.1) is 6.58 Å². The number of sulfonamides is 1. The van der Waals surface area contributed by atoms with Gasteiger partial charge in [-0.1, -0.05) is 23.8 Å². The Morgan fingerprint density at radius 1 is 1.44 bits per heavy atom. The van der Waals surface area contributed by atoms with Crippen molar-refractivity contribution < 1.29 is 22.7 Å². The molecule has 0 aliphatic carbocycles. The van der Waals surface area contributed by atoms with Crippen LogP contribution in [0, 0.1) is 12.8 Å². The lowest BCUT2D eigenvalue weighted by molar-refractivity contribution is -0.147. The van der Waals surface area contributed by atoms with Crippen LogP contribution < -0.4 is 4.72 Å². The molecule has 1 N–H and O–H groups in total. The third kappa shape index (κ3) is 4.90. The average Bonchev–Trinajstić information content (AvgIpc) is 3.01. The molecule has 0 bridgehead atoms. The Kier molecular flexibility index (Phi) is 6.75. The number of hydrogen-bond acceptors (Lipinski definition) is 5. The number of carbonyl (C=O) groups is 1. The molecule has 1 heterocycles. The molecule has 1 aromatic carbocycles. The fourth-order valence-corrected chi connectivity index (χ4v) is 4.18. The Morgan fingerprint density at radius 2 is 2.12 bits per heavy atom. The number of ether oxygens (including phenoxy) is 2. The van der Waals surface area contributed by atoms with Gasteiger partial charge in [-0.3, -0.25) is 4.79 Å². The molecule has 1 fully saturated rings. The average molecular weight is 367 g/mol. The first-order valence-electron chi connectivity index (χ1n) is 8.37. The first-order chi connectivity index (χ1) is 11.9. The highest BCUT2D eigenvalue weighted by molar-refractivity contribution is 7.89. The quantitative estimate of drug-likeness (QED) is 0.563. The van der Waals surface area contributed by atoms with Crippen molar-refractivity contribution in [3.8, 4) is 0 Å². The summed E-state index contributed by atoms with van der Waals surface area (Å²) in [5.74, 6) is -0.875. The zero-order valence-corrected chi connectivity index (χ0v) is 15.4. The van der Waals surface area contributed by atoms with Gasteiger partial charge in [0, 0.05) is 12.5 Å². The van der Waals surface area contributed by atoms with Crippen molar-refractivity contribution in [2.45, 2.75) is 43.7 Å². The van der Waals surface area contributed by atoms with Gasteiger partial charge < -0.3 is 9.47 Å². The van der Waals surface area contributed by atoms with Crippen LogP contribution in [0.4, 0.5) is 0 Å². The summed E-state index contributed by atoms with van der Waals surface area (Å²) in [6, 6.07) is 5.48. The molecule has 7 heteroatoms. The highest BCUT2D eigenvalue weighted by Gasteiger charge is 2.41. The van der Waals surface area contributed by atoms with E-state index in [2.05, 4.69) is 11.3 Å². The van der Waals surface area contributed by atoms with E-state index < -0.39 is 22.0 Å². The first kappa shape index (κ1) is 19.6. The van der Waals surface area contributed by atoms with E-state index in [9.17, 15) is 13.2 Å². The fourth-order valence-electron chi connectivity index (χ4n) is 2.95. The van der Waals surface area contributed by atoms with Crippen molar-refractivity contribution >= 4 is 16.0 Å². The van der Waals surface area contributed by atoms with E-state index in [1.54, 1.807) is 25.1 Å². The molecule has 3 atom stereocenters. The maximum atomic E-state index is 12.7. The number of rotatable bonds is 8. The molecule has 0 aromatic heterocycles. The largest absolute Gasteiger partial charge is 0.465 e. The molecule has 0 radical (unpaired) electrons. The first-order valence-corrected chi connectivity index (χ1v) is 9.85. The highest BCUT2D eigenvalue weighted by atomic mass is 32.2. The fraction of sp³-hybridized carbons (Fsp3) is 0.500. The number of benzene rings is 1. The molecule has 1 aliphatic rings. The summed E-state index contributed by atoms with van der Waals surface area (Å²) in [6.45, 7) is 7.92. The van der Waals surface area contributed by atoms with E-state index in [0.29, 0.717) is 19.4 Å². The standard InChI is InChI=1S/C18H25NO5S/c1-4-6-16-15(11-12-24-16)17(18(20)23-5-2)19-25(21,22)14-9-7-13(3)8-10-14/h4,7-10,15-17,19H,1,5-6,11-12H2,2-3H3/t15-,16+,17+/m1/s1. The van der Waals surface area contributed by atoms with E-state index >= 15 is 0 Å². The summed E-state index contributed by atoms with van der Waals surface area (Å²) in [5.41, 5.74) is 0.955. The molecular weight excluding hydrogens is 342 g/mol. The van der Waals surface area contributed by atoms with Crippen LogP contribution in [-0.4, -0.2) is 39.7 Å². The maximum Gasteiger partial charge on any atom is 0.324 e. The van der Waals surface area contributed by atoms with Gasteiger partial charge in [0.05, 0.1) is 17.6 Å². The Hall–Kier alpha value is -1.70. The number of hydrogen-bond donors (Lipinski definition) is 1. The van der Waals surface area contributed by atoms with E-state index in [1.165, 1.54) is 12.1 Å². The number of esters is 1. The van der Waals surface area contributed by atoms with Gasteiger partial charge in [-0.25, -0.2) is 8.42 Å². The normalized spacial score (nSPS) is 21.7. The summed E-state index contributed by atoms with van der Waals surface area (Å²) >= 11 is 0. The van der Waals surface area contributed by atoms with Crippen molar-refractivity contribution in [3.05, 3.63) is 42.5 Å². The molecule has 0 unspecified atom stereocenters. The maximum absolute atomic E-state index is 12.7. The van der Waals surface area contributed by atoms with E-state index in [0.717, 1.165) is 5.56 Å². The van der Waals surface area contributed by atoms with Gasteiger partial charge in [0.25, 0.3) is 0 Å². The van der Waals surface area contributed by atoms with Crippen LogP contribution in [0.5, 0.6) is 0 Å². The summed E-state index contributed by atoms with van der Waals surface area (Å²) in [4.78, 5) is 12.5. The molecular formula is C18H25NO5S. The van der Waals surface area contributed by atoms with Crippen LogP contribution in [0.25, 0.3) is 0 Å². The minimum atomic E-state index is -3.85. The van der Waals surface area contributed by atoms with Crippen molar-refractivity contribution in [1.82, 2.24) is 4.72 Å². The molecule has 138 valence electrons. The third-order valence-electron chi connectivity index (χ3n) is 4.24. The Labute approximate surface area is 149 Å². The van der Waals surface area contributed by atoms with Crippen molar-refractivity contribution in [2.24, 2.45) is 5.92 Å². The number of nitrogens with one attached hydrogen (secondary N) is 1. The van der Waals surface area contributed by atoms with Gasteiger partial charge in [0.2, 0.25) is 10.0 Å². The van der Waals surface area contributed by atoms with Gasteiger partial charge in [0.15, 0.2) is 0 Å². The second kappa shape index (κ2) is 8.60. The molecule has 2 rings (SSSR count). The van der Waals surface area contributed by atoms with E-state index in [1.807, 2.05) is 6.92 Å². The minimum Gasteiger partial charge on any atom is -0.465 e. The zero-order valence-electron chi connectivity index (χ0n) is 14.6. The SMILES string of the molecule is C=CC[C@@H]1OCC[C@H]1[C@H](NS(=O)(=O)c1ccc(C)cc1)C(=O)OCC. The topological polar surface area (TPSA) is 81.7 Å².